The molecule has 17 heavy (non-hydrogen) atoms. The van der Waals surface area contributed by atoms with Gasteiger partial charge in [0.15, 0.2) is 0 Å². The topological polar surface area (TPSA) is 29.5 Å². The highest BCUT2D eigenvalue weighted by molar-refractivity contribution is 5.39. The number of ether oxygens (including phenoxy) is 1. The van der Waals surface area contributed by atoms with Crippen LogP contribution in [0.2, 0.25) is 0 Å². The van der Waals surface area contributed by atoms with E-state index < -0.39 is 0 Å². The van der Waals surface area contributed by atoms with Crippen LogP contribution in [0.1, 0.15) is 37.8 Å². The fourth-order valence-corrected chi connectivity index (χ4v) is 2.24. The lowest BCUT2D eigenvalue weighted by atomic mass is 9.98. The lowest BCUT2D eigenvalue weighted by molar-refractivity contribution is 0.114. The van der Waals surface area contributed by atoms with Crippen LogP contribution in [0.5, 0.6) is 5.75 Å². The quantitative estimate of drug-likeness (QED) is 0.848. The van der Waals surface area contributed by atoms with E-state index in [0.29, 0.717) is 5.92 Å². The zero-order valence-electron chi connectivity index (χ0n) is 10.8. The van der Waals surface area contributed by atoms with Gasteiger partial charge in [-0.05, 0) is 42.4 Å². The largest absolute Gasteiger partial charge is 0.493 e. The van der Waals surface area contributed by atoms with Gasteiger partial charge in [-0.3, -0.25) is 0 Å². The van der Waals surface area contributed by atoms with Crippen LogP contribution in [0.3, 0.4) is 0 Å². The summed E-state index contributed by atoms with van der Waals surface area (Å²) in [4.78, 5) is 0. The van der Waals surface area contributed by atoms with Crippen molar-refractivity contribution < 1.29 is 9.84 Å². The van der Waals surface area contributed by atoms with Crippen LogP contribution in [0.4, 0.5) is 0 Å². The summed E-state index contributed by atoms with van der Waals surface area (Å²) in [7, 11) is 0. The molecule has 1 aromatic carbocycles. The van der Waals surface area contributed by atoms with Gasteiger partial charge in [0, 0.05) is 6.42 Å². The Hall–Kier alpha value is -1.02. The predicted octanol–water partition coefficient (Wildman–Crippen LogP) is 2.96. The fourth-order valence-electron chi connectivity index (χ4n) is 2.24. The molecule has 0 bridgehead atoms. The maximum atomic E-state index is 9.74. The van der Waals surface area contributed by atoms with E-state index >= 15 is 0 Å². The summed E-state index contributed by atoms with van der Waals surface area (Å²) < 4.78 is 5.49. The molecule has 2 heteroatoms. The van der Waals surface area contributed by atoms with Crippen molar-refractivity contribution in [1.29, 1.82) is 0 Å². The average Bonchev–Trinajstić information content (AvgIpc) is 2.75. The molecule has 0 amide bonds. The van der Waals surface area contributed by atoms with Gasteiger partial charge in [-0.1, -0.05) is 26.0 Å². The minimum absolute atomic E-state index is 0.159. The van der Waals surface area contributed by atoms with E-state index in [-0.39, 0.29) is 6.10 Å². The van der Waals surface area contributed by atoms with Crippen molar-refractivity contribution in [1.82, 2.24) is 0 Å². The number of fused-ring (bicyclic) bond motifs is 1. The Bertz CT molecular complexity index is 371. The summed E-state index contributed by atoms with van der Waals surface area (Å²) in [6, 6.07) is 6.48. The number of hydrogen-bond donors (Lipinski definition) is 1. The Morgan fingerprint density at radius 1 is 1.35 bits per heavy atom. The molecule has 0 radical (unpaired) electrons. The third kappa shape index (κ3) is 3.22. The Morgan fingerprint density at radius 3 is 2.94 bits per heavy atom. The molecule has 0 fully saturated rings. The zero-order chi connectivity index (χ0) is 12.3. The summed E-state index contributed by atoms with van der Waals surface area (Å²) in [6.45, 7) is 4.96. The predicted molar refractivity (Wildman–Crippen MR) is 69.4 cm³/mol. The van der Waals surface area contributed by atoms with E-state index in [1.54, 1.807) is 0 Å². The van der Waals surface area contributed by atoms with Crippen molar-refractivity contribution in [2.75, 3.05) is 6.61 Å². The van der Waals surface area contributed by atoms with Gasteiger partial charge in [-0.2, -0.15) is 0 Å². The molecule has 2 rings (SSSR count). The summed E-state index contributed by atoms with van der Waals surface area (Å²) in [6.07, 6.45) is 3.88. The van der Waals surface area contributed by atoms with Gasteiger partial charge in [0.1, 0.15) is 5.75 Å². The second-order valence-corrected chi connectivity index (χ2v) is 5.24. The van der Waals surface area contributed by atoms with Gasteiger partial charge < -0.3 is 9.84 Å². The lowest BCUT2D eigenvalue weighted by Crippen LogP contribution is -2.14. The van der Waals surface area contributed by atoms with Crippen molar-refractivity contribution in [2.45, 2.75) is 45.6 Å². The first-order chi connectivity index (χ1) is 8.16. The van der Waals surface area contributed by atoms with Gasteiger partial charge in [0.25, 0.3) is 0 Å². The highest BCUT2D eigenvalue weighted by Gasteiger charge is 2.12. The Balaban J connectivity index is 1.83. The van der Waals surface area contributed by atoms with Crippen molar-refractivity contribution in [3.05, 3.63) is 29.3 Å². The maximum Gasteiger partial charge on any atom is 0.122 e. The van der Waals surface area contributed by atoms with Crippen molar-refractivity contribution in [3.63, 3.8) is 0 Å². The summed E-state index contributed by atoms with van der Waals surface area (Å²) >= 11 is 0. The molecular formula is C15H22O2. The van der Waals surface area contributed by atoms with Crippen LogP contribution in [0.15, 0.2) is 18.2 Å². The monoisotopic (exact) mass is 234 g/mol. The molecule has 0 saturated carbocycles. The van der Waals surface area contributed by atoms with E-state index in [9.17, 15) is 5.11 Å². The Labute approximate surface area is 104 Å². The Morgan fingerprint density at radius 2 is 2.18 bits per heavy atom. The zero-order valence-corrected chi connectivity index (χ0v) is 10.8. The van der Waals surface area contributed by atoms with Crippen LogP contribution >= 0.6 is 0 Å². The minimum atomic E-state index is -0.159. The number of hydrogen-bond acceptors (Lipinski definition) is 2. The molecule has 1 aliphatic heterocycles. The van der Waals surface area contributed by atoms with Crippen LogP contribution < -0.4 is 4.74 Å². The highest BCUT2D eigenvalue weighted by Crippen LogP contribution is 2.26. The van der Waals surface area contributed by atoms with E-state index in [0.717, 1.165) is 38.0 Å². The number of aryl methyl sites for hydroxylation is 1. The normalized spacial score (nSPS) is 15.8. The first kappa shape index (κ1) is 12.4. The first-order valence-electron chi connectivity index (χ1n) is 6.59. The third-order valence-electron chi connectivity index (χ3n) is 3.49. The average molecular weight is 234 g/mol. The van der Waals surface area contributed by atoms with Crippen molar-refractivity contribution in [2.24, 2.45) is 5.92 Å². The number of benzene rings is 1. The molecule has 1 N–H and O–H groups in total. The minimum Gasteiger partial charge on any atom is -0.493 e. The molecule has 1 unspecified atom stereocenters. The SMILES string of the molecule is CC(C)C(O)CCCc1ccc2c(c1)CCO2. The number of rotatable bonds is 5. The number of aliphatic hydroxyl groups excluding tert-OH is 1. The van der Waals surface area contributed by atoms with Crippen LogP contribution in [0, 0.1) is 5.92 Å². The van der Waals surface area contributed by atoms with Gasteiger partial charge >= 0.3 is 0 Å². The summed E-state index contributed by atoms with van der Waals surface area (Å²) in [5, 5.41) is 9.74. The summed E-state index contributed by atoms with van der Waals surface area (Å²) in [5.74, 6) is 1.42. The lowest BCUT2D eigenvalue weighted by Gasteiger charge is -2.13. The molecular weight excluding hydrogens is 212 g/mol. The standard InChI is InChI=1S/C15H22O2/c1-11(2)14(16)5-3-4-12-6-7-15-13(10-12)8-9-17-15/h6-7,10-11,14,16H,3-5,8-9H2,1-2H3. The molecule has 0 aromatic heterocycles. The van der Waals surface area contributed by atoms with Gasteiger partial charge in [0.05, 0.1) is 12.7 Å². The molecule has 1 aliphatic rings. The van der Waals surface area contributed by atoms with Crippen LogP contribution in [-0.4, -0.2) is 17.8 Å². The maximum absolute atomic E-state index is 9.74. The second-order valence-electron chi connectivity index (χ2n) is 5.24. The summed E-state index contributed by atoms with van der Waals surface area (Å²) in [5.41, 5.74) is 2.71. The highest BCUT2D eigenvalue weighted by atomic mass is 16.5. The molecule has 2 nitrogen and oxygen atoms in total. The fraction of sp³-hybridized carbons (Fsp3) is 0.600. The van der Waals surface area contributed by atoms with Crippen LogP contribution in [0.25, 0.3) is 0 Å². The molecule has 94 valence electrons. The molecule has 1 atom stereocenters. The third-order valence-corrected chi connectivity index (χ3v) is 3.49. The van der Waals surface area contributed by atoms with Gasteiger partial charge in [-0.25, -0.2) is 0 Å². The smallest absolute Gasteiger partial charge is 0.122 e. The van der Waals surface area contributed by atoms with Crippen molar-refractivity contribution in [3.8, 4) is 5.75 Å². The van der Waals surface area contributed by atoms with Crippen molar-refractivity contribution >= 4 is 0 Å². The molecule has 1 heterocycles. The molecule has 0 saturated heterocycles. The molecule has 0 spiro atoms. The molecule has 0 aliphatic carbocycles. The van der Waals surface area contributed by atoms with Crippen LogP contribution in [-0.2, 0) is 12.8 Å². The van der Waals surface area contributed by atoms with E-state index in [1.807, 2.05) is 0 Å². The number of aliphatic hydroxyl groups is 1. The molecule has 1 aromatic rings. The second kappa shape index (κ2) is 5.54. The Kier molecular flexibility index (Phi) is 4.06. The first-order valence-corrected chi connectivity index (χ1v) is 6.59. The van der Waals surface area contributed by atoms with Gasteiger partial charge in [-0.15, -0.1) is 0 Å². The van der Waals surface area contributed by atoms with E-state index in [2.05, 4.69) is 32.0 Å². The van der Waals surface area contributed by atoms with E-state index in [4.69, 9.17) is 4.74 Å². The van der Waals surface area contributed by atoms with Gasteiger partial charge in [0.2, 0.25) is 0 Å². The van der Waals surface area contributed by atoms with E-state index in [1.165, 1.54) is 11.1 Å².